The fraction of sp³-hybridized carbons (Fsp3) is 0.278. The Hall–Kier alpha value is -3.33. The van der Waals surface area contributed by atoms with Crippen molar-refractivity contribution in [3.63, 3.8) is 0 Å². The van der Waals surface area contributed by atoms with Gasteiger partial charge < -0.3 is 10.5 Å². The molecular formula is C18H17N7O2. The number of aromatic nitrogens is 5. The smallest absolute Gasteiger partial charge is 0.415 e. The van der Waals surface area contributed by atoms with Crippen LogP contribution in [-0.4, -0.2) is 50.0 Å². The molecule has 2 aliphatic heterocycles. The molecule has 4 heterocycles. The number of pyridine rings is 1. The molecule has 9 nitrogen and oxygen atoms in total. The number of cyclic esters (lactones) is 1. The summed E-state index contributed by atoms with van der Waals surface area (Å²) in [6, 6.07) is 9.89. The molecule has 9 heteroatoms. The largest absolute Gasteiger partial charge is 0.442 e. The van der Waals surface area contributed by atoms with Crippen LogP contribution in [0.25, 0.3) is 22.6 Å². The number of hydrogen-bond acceptors (Lipinski definition) is 7. The lowest BCUT2D eigenvalue weighted by Gasteiger charge is -2.14. The third-order valence-electron chi connectivity index (χ3n) is 5.04. The van der Waals surface area contributed by atoms with Crippen LogP contribution >= 0.6 is 0 Å². The lowest BCUT2D eigenvalue weighted by Crippen LogP contribution is -2.37. The SMILES string of the molecule is Cn1nnc(-c2ccc(-c3ccc4c(c3)CC3C(CN)OC(=O)N43)cn2)n1. The summed E-state index contributed by atoms with van der Waals surface area (Å²) in [5, 5.41) is 12.0. The van der Waals surface area contributed by atoms with Crippen molar-refractivity contribution in [3.8, 4) is 22.6 Å². The van der Waals surface area contributed by atoms with E-state index in [-0.39, 0.29) is 18.2 Å². The highest BCUT2D eigenvalue weighted by Gasteiger charge is 2.46. The topological polar surface area (TPSA) is 112 Å². The average Bonchev–Trinajstić information content (AvgIpc) is 3.36. The zero-order valence-electron chi connectivity index (χ0n) is 14.6. The first-order valence-electron chi connectivity index (χ1n) is 8.67. The molecule has 0 radical (unpaired) electrons. The Bertz CT molecular complexity index is 1030. The van der Waals surface area contributed by atoms with E-state index in [1.807, 2.05) is 24.3 Å². The Labute approximate surface area is 154 Å². The van der Waals surface area contributed by atoms with Crippen LogP contribution in [0.15, 0.2) is 36.5 Å². The summed E-state index contributed by atoms with van der Waals surface area (Å²) >= 11 is 0. The normalized spacial score (nSPS) is 20.5. The van der Waals surface area contributed by atoms with Crippen LogP contribution in [-0.2, 0) is 18.2 Å². The quantitative estimate of drug-likeness (QED) is 0.743. The molecule has 0 bridgehead atoms. The third-order valence-corrected chi connectivity index (χ3v) is 5.04. The predicted octanol–water partition coefficient (Wildman–Crippen LogP) is 1.15. The second kappa shape index (κ2) is 5.85. The Kier molecular flexibility index (Phi) is 3.44. The number of anilines is 1. The van der Waals surface area contributed by atoms with Crippen molar-refractivity contribution >= 4 is 11.8 Å². The number of benzene rings is 1. The number of fused-ring (bicyclic) bond motifs is 3. The maximum Gasteiger partial charge on any atom is 0.415 e. The number of aryl methyl sites for hydroxylation is 1. The number of tetrazole rings is 1. The number of rotatable bonds is 3. The summed E-state index contributed by atoms with van der Waals surface area (Å²) in [6.07, 6.45) is 1.96. The number of nitrogens with two attached hydrogens (primary N) is 1. The molecule has 2 aliphatic rings. The number of ether oxygens (including phenoxy) is 1. The maximum absolute atomic E-state index is 12.1. The molecule has 0 saturated carbocycles. The zero-order valence-corrected chi connectivity index (χ0v) is 14.6. The summed E-state index contributed by atoms with van der Waals surface area (Å²) in [7, 11) is 1.71. The van der Waals surface area contributed by atoms with E-state index >= 15 is 0 Å². The van der Waals surface area contributed by atoms with Crippen molar-refractivity contribution < 1.29 is 9.53 Å². The highest BCUT2D eigenvalue weighted by molar-refractivity contribution is 5.94. The lowest BCUT2D eigenvalue weighted by molar-refractivity contribution is 0.135. The van der Waals surface area contributed by atoms with Gasteiger partial charge in [0.15, 0.2) is 0 Å². The number of hydrogen-bond donors (Lipinski definition) is 1. The standard InChI is InChI=1S/C18H17N7O2/c1-24-22-17(21-23-24)13-4-2-11(9-20-13)10-3-5-14-12(6-10)7-15-16(8-19)27-18(26)25(14)15/h2-6,9,15-16H,7-8,19H2,1H3. The van der Waals surface area contributed by atoms with E-state index in [2.05, 4.69) is 26.5 Å². The molecule has 1 amide bonds. The van der Waals surface area contributed by atoms with Gasteiger partial charge in [-0.05, 0) is 41.0 Å². The highest BCUT2D eigenvalue weighted by atomic mass is 16.6. The number of amides is 1. The van der Waals surface area contributed by atoms with E-state index in [1.165, 1.54) is 4.80 Å². The second-order valence-electron chi connectivity index (χ2n) is 6.68. The first-order valence-corrected chi connectivity index (χ1v) is 8.67. The molecule has 2 atom stereocenters. The van der Waals surface area contributed by atoms with E-state index in [0.29, 0.717) is 18.1 Å². The number of carbonyl (C=O) groups excluding carboxylic acids is 1. The molecule has 1 saturated heterocycles. The number of nitrogens with zero attached hydrogens (tertiary/aromatic N) is 6. The van der Waals surface area contributed by atoms with Gasteiger partial charge >= 0.3 is 6.09 Å². The molecule has 0 aliphatic carbocycles. The Morgan fingerprint density at radius 1 is 1.26 bits per heavy atom. The molecule has 136 valence electrons. The van der Waals surface area contributed by atoms with Crippen molar-refractivity contribution in [1.82, 2.24) is 25.2 Å². The number of carbonyl (C=O) groups is 1. The summed E-state index contributed by atoms with van der Waals surface area (Å²) in [5.41, 5.74) is 10.5. The van der Waals surface area contributed by atoms with E-state index < -0.39 is 0 Å². The summed E-state index contributed by atoms with van der Waals surface area (Å²) in [4.78, 5) is 19.7. The molecule has 5 rings (SSSR count). The Morgan fingerprint density at radius 3 is 2.81 bits per heavy atom. The van der Waals surface area contributed by atoms with Crippen molar-refractivity contribution in [2.75, 3.05) is 11.4 Å². The summed E-state index contributed by atoms with van der Waals surface area (Å²) in [5.74, 6) is 0.491. The van der Waals surface area contributed by atoms with Gasteiger partial charge in [0, 0.05) is 18.3 Å². The van der Waals surface area contributed by atoms with Gasteiger partial charge in [0.1, 0.15) is 11.8 Å². The Balaban J connectivity index is 1.45. The van der Waals surface area contributed by atoms with Gasteiger partial charge in [-0.25, -0.2) is 4.79 Å². The van der Waals surface area contributed by atoms with Crippen molar-refractivity contribution in [2.24, 2.45) is 12.8 Å². The zero-order chi connectivity index (χ0) is 18.5. The molecule has 3 aromatic rings. The molecule has 0 spiro atoms. The molecular weight excluding hydrogens is 346 g/mol. The van der Waals surface area contributed by atoms with Crippen molar-refractivity contribution in [3.05, 3.63) is 42.1 Å². The van der Waals surface area contributed by atoms with Crippen LogP contribution in [0.5, 0.6) is 0 Å². The van der Waals surface area contributed by atoms with E-state index in [9.17, 15) is 4.79 Å². The van der Waals surface area contributed by atoms with Gasteiger partial charge in [0.05, 0.1) is 18.8 Å². The van der Waals surface area contributed by atoms with Crippen molar-refractivity contribution in [1.29, 1.82) is 0 Å². The van der Waals surface area contributed by atoms with Crippen LogP contribution in [0.1, 0.15) is 5.56 Å². The van der Waals surface area contributed by atoms with Crippen LogP contribution in [0.4, 0.5) is 10.5 Å². The molecule has 1 aromatic carbocycles. The summed E-state index contributed by atoms with van der Waals surface area (Å²) < 4.78 is 5.34. The third kappa shape index (κ3) is 2.47. The minimum atomic E-state index is -0.315. The minimum absolute atomic E-state index is 0.0176. The van der Waals surface area contributed by atoms with Gasteiger partial charge in [-0.1, -0.05) is 12.1 Å². The molecule has 1 fully saturated rings. The van der Waals surface area contributed by atoms with Crippen LogP contribution in [0.2, 0.25) is 0 Å². The fourth-order valence-corrected chi connectivity index (χ4v) is 3.74. The first-order chi connectivity index (χ1) is 13.1. The second-order valence-corrected chi connectivity index (χ2v) is 6.68. The first kappa shape index (κ1) is 15.9. The van der Waals surface area contributed by atoms with Crippen LogP contribution in [0.3, 0.4) is 0 Å². The van der Waals surface area contributed by atoms with Gasteiger partial charge in [-0.2, -0.15) is 4.80 Å². The van der Waals surface area contributed by atoms with E-state index in [1.54, 1.807) is 18.1 Å². The molecule has 2 N–H and O–H groups in total. The van der Waals surface area contributed by atoms with Gasteiger partial charge in [-0.3, -0.25) is 9.88 Å². The minimum Gasteiger partial charge on any atom is -0.442 e. The monoisotopic (exact) mass is 363 g/mol. The fourth-order valence-electron chi connectivity index (χ4n) is 3.74. The van der Waals surface area contributed by atoms with Crippen molar-refractivity contribution in [2.45, 2.75) is 18.6 Å². The van der Waals surface area contributed by atoms with Crippen LogP contribution in [0, 0.1) is 0 Å². The van der Waals surface area contributed by atoms with Gasteiger partial charge in [0.2, 0.25) is 5.82 Å². The molecule has 2 unspecified atom stereocenters. The average molecular weight is 363 g/mol. The molecule has 27 heavy (non-hydrogen) atoms. The van der Waals surface area contributed by atoms with Crippen LogP contribution < -0.4 is 10.6 Å². The van der Waals surface area contributed by atoms with E-state index in [0.717, 1.165) is 28.8 Å². The molecule has 2 aromatic heterocycles. The van der Waals surface area contributed by atoms with E-state index in [4.69, 9.17) is 10.5 Å². The Morgan fingerprint density at radius 2 is 2.11 bits per heavy atom. The predicted molar refractivity (Wildman–Crippen MR) is 96.8 cm³/mol. The van der Waals surface area contributed by atoms with Gasteiger partial charge in [0.25, 0.3) is 0 Å². The maximum atomic E-state index is 12.1. The lowest BCUT2D eigenvalue weighted by atomic mass is 10.0. The summed E-state index contributed by atoms with van der Waals surface area (Å²) in [6.45, 7) is 0.329. The highest BCUT2D eigenvalue weighted by Crippen LogP contribution is 2.40. The van der Waals surface area contributed by atoms with Gasteiger partial charge in [-0.15, -0.1) is 10.2 Å².